The molecule has 2 unspecified atom stereocenters. The molecule has 6 amide bonds. The number of thiazole rings is 6. The second kappa shape index (κ2) is 30.1. The molecule has 8 aromatic rings. The third-order valence-electron chi connectivity index (χ3n) is 14.1. The van der Waals surface area contributed by atoms with Crippen LogP contribution < -0.4 is 31.9 Å². The maximum Gasteiger partial charge on any atom is 0.326 e. The van der Waals surface area contributed by atoms with Crippen LogP contribution in [-0.2, 0) is 30.5 Å². The minimum Gasteiger partial charge on any atom is -0.481 e. The first-order valence-corrected chi connectivity index (χ1v) is 33.2. The van der Waals surface area contributed by atoms with Gasteiger partial charge in [0.15, 0.2) is 6.29 Å². The van der Waals surface area contributed by atoms with Crippen LogP contribution in [0, 0.1) is 12.8 Å². The molecular weight excluding hydrogens is 1280 g/mol. The van der Waals surface area contributed by atoms with Gasteiger partial charge in [-0.3, -0.25) is 38.5 Å². The van der Waals surface area contributed by atoms with Crippen LogP contribution in [0.5, 0.6) is 0 Å². The standard InChI is InChI=1S/C58H62N14O12S6/c1-28(2)44(68-51(82)45-29(3)89-53(69-45)34(59)19-40(74)60-4)57-70-47(38(90-57)23-84-5)50(81)61-20-41(75)67-48(49(80)30-11-7-6-8-12-30)56-65-37(26-87-56)55-64-36(25-86-55)46-33(52-62-31(22-73)24-85-52)16-17-35(63-46)54-66-39(27-88-54)72-32(13-9-14-42(76)77)21-71(58(72)83)18-10-15-43(78)79/h6-8,11-12,16-17,22,24-28,32,34,44,48-49,80H,9-10,13-15,18-21,23,59H2,1-5H3,(H,60,74)(H,61,81)(H,67,75)(H,68,82)(H,76,77)(H,78,79)/t32?,34-,44?,48-,49-/m0/s1. The van der Waals surface area contributed by atoms with Crippen LogP contribution in [0.4, 0.5) is 10.6 Å². The molecule has 0 bridgehead atoms. The number of aldehydes is 1. The minimum atomic E-state index is -1.31. The second-order valence-corrected chi connectivity index (χ2v) is 26.7. The molecule has 1 saturated heterocycles. The van der Waals surface area contributed by atoms with Gasteiger partial charge in [-0.05, 0) is 49.8 Å². The summed E-state index contributed by atoms with van der Waals surface area (Å²) in [5.41, 5.74) is 9.29. The number of carboxylic acids is 2. The van der Waals surface area contributed by atoms with Gasteiger partial charge in [-0.25, -0.2) is 39.7 Å². The molecule has 1 aliphatic rings. The number of aliphatic hydroxyl groups is 1. The Morgan fingerprint density at radius 2 is 1.47 bits per heavy atom. The third kappa shape index (κ3) is 15.8. The number of carbonyl (C=O) groups excluding carboxylic acids is 6. The number of nitrogens with one attached hydrogen (secondary N) is 4. The highest BCUT2D eigenvalue weighted by Gasteiger charge is 2.39. The molecule has 32 heteroatoms. The van der Waals surface area contributed by atoms with Gasteiger partial charge in [0.05, 0.1) is 41.8 Å². The number of aromatic nitrogens is 7. The largest absolute Gasteiger partial charge is 0.481 e. The van der Waals surface area contributed by atoms with Crippen molar-refractivity contribution in [3.05, 3.63) is 111 Å². The fourth-order valence-electron chi connectivity index (χ4n) is 9.65. The Hall–Kier alpha value is -8.21. The number of carbonyl (C=O) groups is 8. The number of aryl methyl sites for hydroxylation is 1. The highest BCUT2D eigenvalue weighted by molar-refractivity contribution is 7.15. The number of rotatable bonds is 30. The molecule has 0 spiro atoms. The van der Waals surface area contributed by atoms with Gasteiger partial charge in [0.25, 0.3) is 11.8 Å². The second-order valence-electron chi connectivity index (χ2n) is 20.9. The lowest BCUT2D eigenvalue weighted by Crippen LogP contribution is -2.40. The van der Waals surface area contributed by atoms with Gasteiger partial charge < -0.3 is 52.0 Å². The molecule has 472 valence electrons. The number of carboxylic acid groups (broad SMARTS) is 2. The van der Waals surface area contributed by atoms with Crippen molar-refractivity contribution in [2.45, 2.75) is 96.2 Å². The van der Waals surface area contributed by atoms with Crippen molar-refractivity contribution in [1.82, 2.24) is 61.1 Å². The number of urea groups is 1. The highest BCUT2D eigenvalue weighted by Crippen LogP contribution is 2.41. The van der Waals surface area contributed by atoms with Crippen LogP contribution in [0.3, 0.4) is 0 Å². The first kappa shape index (κ1) is 66.2. The van der Waals surface area contributed by atoms with E-state index in [9.17, 15) is 53.7 Å². The summed E-state index contributed by atoms with van der Waals surface area (Å²) in [5, 5.41) is 51.0. The van der Waals surface area contributed by atoms with E-state index in [1.54, 1.807) is 75.8 Å². The van der Waals surface area contributed by atoms with Gasteiger partial charge >= 0.3 is 18.0 Å². The number of nitrogens with two attached hydrogens (primary N) is 1. The van der Waals surface area contributed by atoms with Crippen LogP contribution in [0.25, 0.3) is 43.4 Å². The summed E-state index contributed by atoms with van der Waals surface area (Å²) >= 11 is 7.30. The average molecular weight is 1340 g/mol. The van der Waals surface area contributed by atoms with Crippen LogP contribution in [-0.4, -0.2) is 143 Å². The summed E-state index contributed by atoms with van der Waals surface area (Å²) in [6.07, 6.45) is 0.0519. The van der Waals surface area contributed by atoms with Crippen LogP contribution in [0.1, 0.15) is 138 Å². The van der Waals surface area contributed by atoms with Crippen molar-refractivity contribution >= 4 is 122 Å². The molecule has 90 heavy (non-hydrogen) atoms. The number of hydrogen-bond acceptors (Lipinski definition) is 24. The topological polar surface area (TPSA) is 377 Å². The van der Waals surface area contributed by atoms with Crippen molar-refractivity contribution in [3.8, 4) is 43.4 Å². The first-order valence-electron chi connectivity index (χ1n) is 28.1. The Morgan fingerprint density at radius 1 is 0.756 bits per heavy atom. The van der Waals surface area contributed by atoms with E-state index in [4.69, 9.17) is 30.4 Å². The zero-order valence-corrected chi connectivity index (χ0v) is 53.9. The molecule has 0 aliphatic carbocycles. The number of ether oxygens (including phenoxy) is 1. The number of anilines is 1. The number of benzene rings is 1. The number of nitrogens with zero attached hydrogens (tertiary/aromatic N) is 9. The molecule has 8 heterocycles. The molecule has 9 rings (SSSR count). The Bertz CT molecular complexity index is 3920. The van der Waals surface area contributed by atoms with E-state index < -0.39 is 66.5 Å². The van der Waals surface area contributed by atoms with Crippen molar-refractivity contribution < 1.29 is 58.4 Å². The van der Waals surface area contributed by atoms with Crippen molar-refractivity contribution in [1.29, 1.82) is 0 Å². The Kier molecular flexibility index (Phi) is 22.1. The summed E-state index contributed by atoms with van der Waals surface area (Å²) in [7, 11) is 2.97. The van der Waals surface area contributed by atoms with Gasteiger partial charge in [0, 0.05) is 78.5 Å². The summed E-state index contributed by atoms with van der Waals surface area (Å²) in [6, 6.07) is 8.94. The Labute approximate surface area is 539 Å². The van der Waals surface area contributed by atoms with Crippen molar-refractivity contribution in [2.24, 2.45) is 11.7 Å². The van der Waals surface area contributed by atoms with E-state index >= 15 is 0 Å². The summed E-state index contributed by atoms with van der Waals surface area (Å²) < 4.78 is 5.44. The van der Waals surface area contributed by atoms with E-state index in [1.165, 1.54) is 87.1 Å². The van der Waals surface area contributed by atoms with E-state index in [1.807, 2.05) is 13.8 Å². The molecule has 1 fully saturated rings. The van der Waals surface area contributed by atoms with Crippen molar-refractivity contribution in [3.63, 3.8) is 0 Å². The predicted octanol–water partition coefficient (Wildman–Crippen LogP) is 8.07. The van der Waals surface area contributed by atoms with Gasteiger partial charge in [-0.1, -0.05) is 44.2 Å². The van der Waals surface area contributed by atoms with Crippen LogP contribution >= 0.6 is 68.0 Å². The van der Waals surface area contributed by atoms with E-state index in [2.05, 4.69) is 36.2 Å². The fraction of sp³-hybridized carbons (Fsp3) is 0.362. The van der Waals surface area contributed by atoms with Gasteiger partial charge in [0.2, 0.25) is 11.8 Å². The average Bonchev–Trinajstić information content (AvgIpc) is 1.65. The van der Waals surface area contributed by atoms with Crippen LogP contribution in [0.15, 0.2) is 64.0 Å². The number of pyridine rings is 1. The lowest BCUT2D eigenvalue weighted by molar-refractivity contribution is -0.138. The molecular formula is C58H62N14O12S6. The molecule has 0 saturated carbocycles. The SMILES string of the molecule is CNC(=O)C[C@H](N)c1nc(C(=O)NC(c2nc(C(=O)NCC(=O)N[C@H](c3nc(-c4nc(-c5nc(-c6nc(N7C(=O)N(CCCC(=O)O)CC7CCCC(=O)O)cs6)ccc5-c5nc(C=O)cs5)cs4)cs3)[C@@H](O)c3ccccc3)c(COC)s2)C(C)C)c(C)s1. The summed E-state index contributed by atoms with van der Waals surface area (Å²) in [5.74, 6) is -3.92. The molecule has 0 radical (unpaired) electrons. The number of hydrogen-bond donors (Lipinski definition) is 8. The lowest BCUT2D eigenvalue weighted by atomic mass is 10.0. The maximum atomic E-state index is 14.0. The Morgan fingerprint density at radius 3 is 2.18 bits per heavy atom. The van der Waals surface area contributed by atoms with Crippen LogP contribution in [0.2, 0.25) is 0 Å². The van der Waals surface area contributed by atoms with Gasteiger partial charge in [-0.15, -0.1) is 68.0 Å². The maximum absolute atomic E-state index is 14.0. The molecule has 9 N–H and O–H groups in total. The Balaban J connectivity index is 0.934. The highest BCUT2D eigenvalue weighted by atomic mass is 32.1. The molecule has 7 aromatic heterocycles. The molecule has 26 nitrogen and oxygen atoms in total. The normalized spacial score (nSPS) is 14.5. The monoisotopic (exact) mass is 1340 g/mol. The first-order chi connectivity index (χ1) is 43.2. The third-order valence-corrected chi connectivity index (χ3v) is 19.9. The summed E-state index contributed by atoms with van der Waals surface area (Å²) in [4.78, 5) is 140. The number of methoxy groups -OCH3 is 1. The minimum absolute atomic E-state index is 0.00181. The fourth-order valence-corrected chi connectivity index (χ4v) is 15.1. The predicted molar refractivity (Wildman–Crippen MR) is 341 cm³/mol. The summed E-state index contributed by atoms with van der Waals surface area (Å²) in [6.45, 7) is 5.44. The number of aliphatic hydroxyl groups excluding tert-OH is 1. The van der Waals surface area contributed by atoms with E-state index in [-0.39, 0.29) is 80.3 Å². The zero-order valence-electron chi connectivity index (χ0n) is 49.0. The molecule has 1 aliphatic heterocycles. The number of amides is 6. The van der Waals surface area contributed by atoms with Gasteiger partial charge in [0.1, 0.15) is 82.2 Å². The zero-order chi connectivity index (χ0) is 64.3. The molecule has 1 aromatic carbocycles. The number of aliphatic carboxylic acids is 2. The van der Waals surface area contributed by atoms with E-state index in [0.717, 1.165) is 0 Å². The quantitative estimate of drug-likeness (QED) is 0.0197. The van der Waals surface area contributed by atoms with Crippen molar-refractivity contribution in [2.75, 3.05) is 38.7 Å². The van der Waals surface area contributed by atoms with Gasteiger partial charge in [-0.2, -0.15) is 0 Å². The van der Waals surface area contributed by atoms with E-state index in [0.29, 0.717) is 98.6 Å². The smallest absolute Gasteiger partial charge is 0.326 e. The molecule has 5 atom stereocenters. The lowest BCUT2D eigenvalue weighted by Gasteiger charge is -2.23.